The van der Waals surface area contributed by atoms with Gasteiger partial charge in [-0.25, -0.2) is 0 Å². The molecule has 0 spiro atoms. The average Bonchev–Trinajstić information content (AvgIpc) is 2.75. The van der Waals surface area contributed by atoms with Crippen LogP contribution in [0.1, 0.15) is 48.9 Å². The molecule has 3 heteroatoms. The zero-order valence-electron chi connectivity index (χ0n) is 12.3. The van der Waals surface area contributed by atoms with Crippen LogP contribution in [0.15, 0.2) is 36.4 Å². The van der Waals surface area contributed by atoms with Gasteiger partial charge in [-0.15, -0.1) is 0 Å². The summed E-state index contributed by atoms with van der Waals surface area (Å²) in [4.78, 5) is 12.5. The molecular weight excluding hydrogens is 260 g/mol. The highest BCUT2D eigenvalue weighted by Crippen LogP contribution is 2.23. The Morgan fingerprint density at radius 1 is 1.00 bits per heavy atom. The third-order valence-corrected chi connectivity index (χ3v) is 4.35. The smallest absolute Gasteiger partial charge is 0.253 e. The zero-order valence-corrected chi connectivity index (χ0v) is 12.3. The van der Waals surface area contributed by atoms with E-state index >= 15 is 0 Å². The molecule has 0 atom stereocenters. The first-order valence-corrected chi connectivity index (χ1v) is 7.83. The van der Waals surface area contributed by atoms with Gasteiger partial charge in [0.25, 0.3) is 5.91 Å². The van der Waals surface area contributed by atoms with Crippen LogP contribution in [0.3, 0.4) is 0 Å². The fourth-order valence-electron chi connectivity index (χ4n) is 3.14. The molecule has 0 saturated heterocycles. The van der Waals surface area contributed by atoms with Gasteiger partial charge in [-0.05, 0) is 35.7 Å². The average molecular weight is 282 g/mol. The summed E-state index contributed by atoms with van der Waals surface area (Å²) in [5.41, 5.74) is 7.21. The summed E-state index contributed by atoms with van der Waals surface area (Å²) >= 11 is 0. The Hall–Kier alpha value is -2.03. The molecule has 3 rings (SSSR count). The monoisotopic (exact) mass is 282 g/mol. The van der Waals surface area contributed by atoms with Crippen molar-refractivity contribution in [2.75, 3.05) is 5.73 Å². The molecule has 0 heterocycles. The summed E-state index contributed by atoms with van der Waals surface area (Å²) < 4.78 is 0. The van der Waals surface area contributed by atoms with Crippen LogP contribution in [0.25, 0.3) is 10.8 Å². The number of nitrogens with two attached hydrogens (primary N) is 1. The van der Waals surface area contributed by atoms with Crippen molar-refractivity contribution in [2.24, 2.45) is 0 Å². The van der Waals surface area contributed by atoms with Crippen LogP contribution in [-0.4, -0.2) is 11.9 Å². The van der Waals surface area contributed by atoms with Gasteiger partial charge in [-0.2, -0.15) is 0 Å². The van der Waals surface area contributed by atoms with E-state index in [1.165, 1.54) is 25.7 Å². The Bertz CT molecular complexity index is 643. The molecule has 2 aromatic rings. The van der Waals surface area contributed by atoms with Gasteiger partial charge in [0.1, 0.15) is 0 Å². The third-order valence-electron chi connectivity index (χ3n) is 4.35. The minimum Gasteiger partial charge on any atom is -0.398 e. The Labute approximate surface area is 125 Å². The molecular formula is C18H22N2O. The highest BCUT2D eigenvalue weighted by molar-refractivity contribution is 6.04. The molecule has 1 aliphatic carbocycles. The number of hydrogen-bond donors (Lipinski definition) is 2. The van der Waals surface area contributed by atoms with Crippen LogP contribution >= 0.6 is 0 Å². The number of rotatable bonds is 2. The van der Waals surface area contributed by atoms with E-state index < -0.39 is 0 Å². The van der Waals surface area contributed by atoms with Crippen molar-refractivity contribution < 1.29 is 4.79 Å². The second kappa shape index (κ2) is 6.17. The molecule has 110 valence electrons. The number of amides is 1. The molecule has 1 amide bonds. The molecule has 1 saturated carbocycles. The maximum Gasteiger partial charge on any atom is 0.253 e. The van der Waals surface area contributed by atoms with E-state index in [9.17, 15) is 4.79 Å². The third kappa shape index (κ3) is 3.18. The van der Waals surface area contributed by atoms with Gasteiger partial charge in [0, 0.05) is 11.7 Å². The second-order valence-corrected chi connectivity index (χ2v) is 5.95. The van der Waals surface area contributed by atoms with E-state index in [0.717, 1.165) is 23.6 Å². The number of benzene rings is 2. The minimum absolute atomic E-state index is 0.0369. The lowest BCUT2D eigenvalue weighted by Gasteiger charge is -2.17. The number of fused-ring (bicyclic) bond motifs is 1. The summed E-state index contributed by atoms with van der Waals surface area (Å²) in [7, 11) is 0. The van der Waals surface area contributed by atoms with E-state index in [0.29, 0.717) is 17.3 Å². The Kier molecular flexibility index (Phi) is 4.09. The van der Waals surface area contributed by atoms with Crippen molar-refractivity contribution in [1.29, 1.82) is 0 Å². The molecule has 0 bridgehead atoms. The van der Waals surface area contributed by atoms with Gasteiger partial charge >= 0.3 is 0 Å². The number of carbonyl (C=O) groups excluding carboxylic acids is 1. The van der Waals surface area contributed by atoms with Crippen LogP contribution in [-0.2, 0) is 0 Å². The first-order chi connectivity index (χ1) is 10.2. The fourth-order valence-corrected chi connectivity index (χ4v) is 3.14. The maximum atomic E-state index is 12.5. The SMILES string of the molecule is Nc1cc2ccccc2cc1C(=O)NC1CCCCCC1. The van der Waals surface area contributed by atoms with Crippen LogP contribution in [0.4, 0.5) is 5.69 Å². The molecule has 21 heavy (non-hydrogen) atoms. The highest BCUT2D eigenvalue weighted by Gasteiger charge is 2.17. The van der Waals surface area contributed by atoms with Crippen molar-refractivity contribution in [1.82, 2.24) is 5.32 Å². The van der Waals surface area contributed by atoms with Gasteiger partial charge in [-0.1, -0.05) is 49.9 Å². The quantitative estimate of drug-likeness (QED) is 0.649. The second-order valence-electron chi connectivity index (χ2n) is 5.95. The van der Waals surface area contributed by atoms with E-state index in [-0.39, 0.29) is 5.91 Å². The summed E-state index contributed by atoms with van der Waals surface area (Å²) in [6.45, 7) is 0. The predicted octanol–water partition coefficient (Wildman–Crippen LogP) is 3.87. The molecule has 3 nitrogen and oxygen atoms in total. The van der Waals surface area contributed by atoms with E-state index in [1.54, 1.807) is 0 Å². The lowest BCUT2D eigenvalue weighted by Crippen LogP contribution is -2.34. The molecule has 2 aromatic carbocycles. The first-order valence-electron chi connectivity index (χ1n) is 7.83. The van der Waals surface area contributed by atoms with E-state index in [2.05, 4.69) is 5.32 Å². The van der Waals surface area contributed by atoms with Gasteiger partial charge in [-0.3, -0.25) is 4.79 Å². The largest absolute Gasteiger partial charge is 0.398 e. The molecule has 1 fully saturated rings. The lowest BCUT2D eigenvalue weighted by atomic mass is 10.0. The number of nitrogens with one attached hydrogen (secondary N) is 1. The molecule has 0 unspecified atom stereocenters. The van der Waals surface area contributed by atoms with Crippen LogP contribution in [0.2, 0.25) is 0 Å². The van der Waals surface area contributed by atoms with Crippen LogP contribution in [0, 0.1) is 0 Å². The Balaban J connectivity index is 1.81. The van der Waals surface area contributed by atoms with Crippen LogP contribution < -0.4 is 11.1 Å². The topological polar surface area (TPSA) is 55.1 Å². The summed E-state index contributed by atoms with van der Waals surface area (Å²) in [6.07, 6.45) is 7.14. The summed E-state index contributed by atoms with van der Waals surface area (Å²) in [5, 5.41) is 5.29. The van der Waals surface area contributed by atoms with Crippen molar-refractivity contribution in [2.45, 2.75) is 44.6 Å². The normalized spacial score (nSPS) is 16.6. The lowest BCUT2D eigenvalue weighted by molar-refractivity contribution is 0.0934. The fraction of sp³-hybridized carbons (Fsp3) is 0.389. The standard InChI is InChI=1S/C18H22N2O/c19-17-12-14-8-6-5-7-13(14)11-16(17)18(21)20-15-9-3-1-2-4-10-15/h5-8,11-12,15H,1-4,9-10,19H2,(H,20,21). The molecule has 0 aromatic heterocycles. The number of nitrogen functional groups attached to an aromatic ring is 1. The zero-order chi connectivity index (χ0) is 14.7. The number of hydrogen-bond acceptors (Lipinski definition) is 2. The van der Waals surface area contributed by atoms with Crippen molar-refractivity contribution >= 4 is 22.4 Å². The summed E-state index contributed by atoms with van der Waals surface area (Å²) in [6, 6.07) is 12.1. The Morgan fingerprint density at radius 3 is 2.29 bits per heavy atom. The Morgan fingerprint density at radius 2 is 1.62 bits per heavy atom. The van der Waals surface area contributed by atoms with Crippen molar-refractivity contribution in [3.8, 4) is 0 Å². The molecule has 0 aliphatic heterocycles. The molecule has 3 N–H and O–H groups in total. The predicted molar refractivity (Wildman–Crippen MR) is 87.3 cm³/mol. The molecule has 1 aliphatic rings. The van der Waals surface area contributed by atoms with Gasteiger partial charge in [0.15, 0.2) is 0 Å². The van der Waals surface area contributed by atoms with E-state index in [4.69, 9.17) is 5.73 Å². The van der Waals surface area contributed by atoms with Crippen molar-refractivity contribution in [3.05, 3.63) is 42.0 Å². The maximum absolute atomic E-state index is 12.5. The first kappa shape index (κ1) is 13.9. The van der Waals surface area contributed by atoms with E-state index in [1.807, 2.05) is 36.4 Å². The number of anilines is 1. The highest BCUT2D eigenvalue weighted by atomic mass is 16.1. The molecule has 0 radical (unpaired) electrons. The summed E-state index contributed by atoms with van der Waals surface area (Å²) in [5.74, 6) is -0.0369. The minimum atomic E-state index is -0.0369. The number of carbonyl (C=O) groups is 1. The van der Waals surface area contributed by atoms with Crippen molar-refractivity contribution in [3.63, 3.8) is 0 Å². The van der Waals surface area contributed by atoms with Gasteiger partial charge < -0.3 is 11.1 Å². The van der Waals surface area contributed by atoms with Gasteiger partial charge in [0.05, 0.1) is 5.56 Å². The van der Waals surface area contributed by atoms with Gasteiger partial charge in [0.2, 0.25) is 0 Å². The van der Waals surface area contributed by atoms with Crippen LogP contribution in [0.5, 0.6) is 0 Å².